The molecule has 2 aliphatic rings. The monoisotopic (exact) mass is 824 g/mol. The van der Waals surface area contributed by atoms with Crippen LogP contribution in [0.2, 0.25) is 0 Å². The minimum Gasteiger partial charge on any atom is -0.523 e. The van der Waals surface area contributed by atoms with Crippen LogP contribution >= 0.6 is 0 Å². The molecule has 0 unspecified atom stereocenters. The van der Waals surface area contributed by atoms with E-state index in [4.69, 9.17) is 4.74 Å². The molecule has 4 nitrogen and oxygen atoms in total. The van der Waals surface area contributed by atoms with Gasteiger partial charge in [0, 0.05) is 11.9 Å². The van der Waals surface area contributed by atoms with Crippen LogP contribution in [0.25, 0.3) is 33.7 Å². The van der Waals surface area contributed by atoms with Crippen molar-refractivity contribution in [3.05, 3.63) is 132 Å². The molecule has 8 rings (SSSR count). The Hall–Kier alpha value is -4.05. The minimum absolute atomic E-state index is 0. The minimum atomic E-state index is 0. The van der Waals surface area contributed by atoms with Gasteiger partial charge in [-0.1, -0.05) is 97.6 Å². The zero-order valence-corrected chi connectivity index (χ0v) is 32.2. The molecule has 0 saturated carbocycles. The van der Waals surface area contributed by atoms with Gasteiger partial charge in [0.1, 0.15) is 11.3 Å². The van der Waals surface area contributed by atoms with E-state index < -0.39 is 0 Å². The molecule has 2 aromatic heterocycles. The summed E-state index contributed by atoms with van der Waals surface area (Å²) in [6.45, 7) is 18.4. The molecule has 0 bridgehead atoms. The van der Waals surface area contributed by atoms with Crippen molar-refractivity contribution in [2.75, 3.05) is 0 Å². The van der Waals surface area contributed by atoms with Crippen LogP contribution in [0.15, 0.2) is 91.1 Å². The fourth-order valence-electron chi connectivity index (χ4n) is 7.07. The summed E-state index contributed by atoms with van der Waals surface area (Å²) in [5, 5.41) is 0. The fourth-order valence-corrected chi connectivity index (χ4v) is 7.07. The number of aromatic nitrogens is 3. The van der Waals surface area contributed by atoms with Gasteiger partial charge in [0.25, 0.3) is 6.33 Å². The van der Waals surface area contributed by atoms with Gasteiger partial charge in [0.15, 0.2) is 0 Å². The first kappa shape index (κ1) is 34.8. The third-order valence-electron chi connectivity index (χ3n) is 10.1. The van der Waals surface area contributed by atoms with Gasteiger partial charge in [-0.3, -0.25) is 4.57 Å². The van der Waals surface area contributed by atoms with Crippen LogP contribution < -0.4 is 9.30 Å². The van der Waals surface area contributed by atoms with E-state index >= 15 is 0 Å². The van der Waals surface area contributed by atoms with E-state index in [1.165, 1.54) is 28.7 Å². The summed E-state index contributed by atoms with van der Waals surface area (Å²) in [7, 11) is 0. The van der Waals surface area contributed by atoms with Crippen molar-refractivity contribution < 1.29 is 29.4 Å². The second kappa shape index (κ2) is 13.3. The van der Waals surface area contributed by atoms with Gasteiger partial charge in [-0.2, -0.15) is 12.1 Å². The van der Waals surface area contributed by atoms with Crippen molar-refractivity contribution >= 4 is 11.0 Å². The van der Waals surface area contributed by atoms with Gasteiger partial charge < -0.3 is 14.3 Å². The van der Waals surface area contributed by atoms with Gasteiger partial charge in [-0.05, 0) is 70.4 Å². The fraction of sp³-hybridized carbons (Fsp3) is 0.318. The standard InChI is InChI=1S/C33H37N2O.C11H8N.Ir/c1-20(2)22-16-23(21(3)4)18-24(17-22)34-19-35-27-13-12-25-29(33(7,8)15-14-32(25,5)6)31(27)36-28-11-9-10-26(34)30(28)35;1-2-6-10(7-3-1)11-8-4-5-9-12-11;/h9-12,16-18,20-21H,14-15H2,1-8H3;1-6,8-9H;/q2*-1;+3. The summed E-state index contributed by atoms with van der Waals surface area (Å²) < 4.78 is 11.1. The zero-order valence-electron chi connectivity index (χ0n) is 29.8. The number of ether oxygens (including phenoxy) is 1. The summed E-state index contributed by atoms with van der Waals surface area (Å²) in [5.41, 5.74) is 11.8. The normalized spacial score (nSPS) is 15.1. The number of nitrogens with zero attached hydrogens (tertiary/aromatic N) is 3. The smallest absolute Gasteiger partial charge is 0.523 e. The average molecular weight is 824 g/mol. The molecule has 49 heavy (non-hydrogen) atoms. The number of imidazole rings is 1. The second-order valence-electron chi connectivity index (χ2n) is 15.2. The van der Waals surface area contributed by atoms with Crippen molar-refractivity contribution in [1.29, 1.82) is 0 Å². The maximum atomic E-state index is 6.76. The van der Waals surface area contributed by atoms with E-state index in [0.29, 0.717) is 11.8 Å². The Labute approximate surface area is 305 Å². The molecule has 1 aliphatic carbocycles. The first-order chi connectivity index (χ1) is 22.9. The Kier molecular flexibility index (Phi) is 9.48. The summed E-state index contributed by atoms with van der Waals surface area (Å²) in [6, 6.07) is 36.0. The Balaban J connectivity index is 0.000000270. The van der Waals surface area contributed by atoms with E-state index in [0.717, 1.165) is 51.6 Å². The molecule has 0 saturated heterocycles. The molecular formula is C44H45IrN3O+. The van der Waals surface area contributed by atoms with Gasteiger partial charge in [0.05, 0.1) is 11.2 Å². The topological polar surface area (TPSA) is 30.9 Å². The molecule has 0 radical (unpaired) electrons. The number of para-hydroxylation sites is 1. The largest absolute Gasteiger partial charge is 3.00 e. The summed E-state index contributed by atoms with van der Waals surface area (Å²) in [6.07, 6.45) is 7.81. The third-order valence-corrected chi connectivity index (χ3v) is 10.1. The molecule has 0 spiro atoms. The Morgan fingerprint density at radius 3 is 2.18 bits per heavy atom. The van der Waals surface area contributed by atoms with Gasteiger partial charge in [-0.15, -0.1) is 47.0 Å². The predicted octanol–water partition coefficient (Wildman–Crippen LogP) is 10.8. The molecule has 250 valence electrons. The van der Waals surface area contributed by atoms with E-state index in [2.05, 4.69) is 130 Å². The molecule has 6 aromatic rings. The van der Waals surface area contributed by atoms with Crippen LogP contribution in [0.3, 0.4) is 0 Å². The first-order valence-corrected chi connectivity index (χ1v) is 17.2. The number of pyridine rings is 1. The number of fused-ring (bicyclic) bond motifs is 4. The molecule has 5 heteroatoms. The SMILES string of the molecule is CC(C)c1cc(C(C)C)cc(-n2[c-][n+]3c4c(cccc42)Oc2c-3[c-]cc3c2C(C)(C)CCC3(C)C)c1.[Ir+3].[c-]1ccccc1-c1ccccn1. The Morgan fingerprint density at radius 2 is 1.53 bits per heavy atom. The van der Waals surface area contributed by atoms with Crippen LogP contribution in [0.1, 0.15) is 102 Å². The van der Waals surface area contributed by atoms with Crippen molar-refractivity contribution in [2.45, 2.75) is 90.9 Å². The van der Waals surface area contributed by atoms with E-state index in [9.17, 15) is 0 Å². The van der Waals surface area contributed by atoms with Crippen molar-refractivity contribution in [2.24, 2.45) is 0 Å². The maximum absolute atomic E-state index is 6.76. The number of benzene rings is 4. The van der Waals surface area contributed by atoms with Gasteiger partial charge in [0.2, 0.25) is 0 Å². The Morgan fingerprint density at radius 1 is 0.816 bits per heavy atom. The van der Waals surface area contributed by atoms with Crippen molar-refractivity contribution in [3.63, 3.8) is 0 Å². The summed E-state index contributed by atoms with van der Waals surface area (Å²) >= 11 is 0. The molecule has 0 atom stereocenters. The molecular weight excluding hydrogens is 779 g/mol. The molecule has 0 amide bonds. The van der Waals surface area contributed by atoms with Crippen LogP contribution in [0.4, 0.5) is 0 Å². The van der Waals surface area contributed by atoms with Crippen LogP contribution in [0.5, 0.6) is 11.5 Å². The number of rotatable bonds is 4. The van der Waals surface area contributed by atoms with E-state index in [-0.39, 0.29) is 30.9 Å². The van der Waals surface area contributed by atoms with Crippen molar-refractivity contribution in [1.82, 2.24) is 9.55 Å². The van der Waals surface area contributed by atoms with Gasteiger partial charge in [-0.25, -0.2) is 0 Å². The molecule has 4 aromatic carbocycles. The molecule has 0 fully saturated rings. The van der Waals surface area contributed by atoms with E-state index in [1.54, 1.807) is 6.20 Å². The van der Waals surface area contributed by atoms with Crippen LogP contribution in [0, 0.1) is 18.5 Å². The molecule has 0 N–H and O–H groups in total. The third kappa shape index (κ3) is 6.40. The zero-order chi connectivity index (χ0) is 33.8. The quantitative estimate of drug-likeness (QED) is 0.131. The van der Waals surface area contributed by atoms with E-state index in [1.807, 2.05) is 42.5 Å². The average Bonchev–Trinajstić information content (AvgIpc) is 3.48. The molecule has 3 heterocycles. The van der Waals surface area contributed by atoms with Crippen molar-refractivity contribution in [3.8, 4) is 34.1 Å². The maximum Gasteiger partial charge on any atom is 3.00 e. The second-order valence-corrected chi connectivity index (χ2v) is 15.2. The first-order valence-electron chi connectivity index (χ1n) is 17.2. The van der Waals surface area contributed by atoms with Crippen LogP contribution in [-0.4, -0.2) is 9.55 Å². The number of hydrogen-bond donors (Lipinski definition) is 0. The summed E-state index contributed by atoms with van der Waals surface area (Å²) in [5.74, 6) is 2.75. The van der Waals surface area contributed by atoms with Gasteiger partial charge >= 0.3 is 20.1 Å². The summed E-state index contributed by atoms with van der Waals surface area (Å²) in [4.78, 5) is 4.22. The Bertz CT molecular complexity index is 2050. The number of hydrogen-bond acceptors (Lipinski definition) is 2. The van der Waals surface area contributed by atoms with Crippen LogP contribution in [-0.2, 0) is 30.9 Å². The predicted molar refractivity (Wildman–Crippen MR) is 195 cm³/mol. The molecule has 1 aliphatic heterocycles.